The lowest BCUT2D eigenvalue weighted by Gasteiger charge is -2.30. The van der Waals surface area contributed by atoms with Gasteiger partial charge in [-0.1, -0.05) is 6.92 Å². The molecule has 0 atom stereocenters. The summed E-state index contributed by atoms with van der Waals surface area (Å²) in [5.74, 6) is 1.76. The number of nitrogens with zero attached hydrogens (tertiary/aromatic N) is 3. The predicted molar refractivity (Wildman–Crippen MR) is 79.8 cm³/mol. The Morgan fingerprint density at radius 1 is 1.21 bits per heavy atom. The molecule has 1 aromatic rings. The lowest BCUT2D eigenvalue weighted by atomic mass is 10.00. The van der Waals surface area contributed by atoms with Crippen molar-refractivity contribution < 1.29 is 0 Å². The Bertz CT molecular complexity index is 441. The van der Waals surface area contributed by atoms with Crippen LogP contribution in [0.25, 0.3) is 0 Å². The van der Waals surface area contributed by atoms with Gasteiger partial charge >= 0.3 is 0 Å². The summed E-state index contributed by atoms with van der Waals surface area (Å²) in [6, 6.07) is 0. The van der Waals surface area contributed by atoms with Crippen LogP contribution >= 0.6 is 12.4 Å². The highest BCUT2D eigenvalue weighted by molar-refractivity contribution is 5.85. The van der Waals surface area contributed by atoms with Gasteiger partial charge in [-0.15, -0.1) is 12.4 Å². The standard InChI is InChI=1S/C14H22N4.ClH/c1-10-5-7-18(8-6-10)14-16-12-4-2-3-11(12)13(9-15)17-14;/h10H,2-9,15H2,1H3;1H. The zero-order valence-electron chi connectivity index (χ0n) is 11.6. The summed E-state index contributed by atoms with van der Waals surface area (Å²) in [5, 5.41) is 0. The maximum absolute atomic E-state index is 5.83. The van der Waals surface area contributed by atoms with E-state index in [4.69, 9.17) is 15.7 Å². The fourth-order valence-corrected chi connectivity index (χ4v) is 3.01. The highest BCUT2D eigenvalue weighted by Gasteiger charge is 2.23. The summed E-state index contributed by atoms with van der Waals surface area (Å²) in [7, 11) is 0. The third-order valence-electron chi connectivity index (χ3n) is 4.27. The zero-order chi connectivity index (χ0) is 12.5. The van der Waals surface area contributed by atoms with Gasteiger partial charge in [-0.25, -0.2) is 9.97 Å². The van der Waals surface area contributed by atoms with E-state index >= 15 is 0 Å². The van der Waals surface area contributed by atoms with Gasteiger partial charge in [0.2, 0.25) is 5.95 Å². The minimum absolute atomic E-state index is 0. The SMILES string of the molecule is CC1CCN(c2nc(CN)c3c(n2)CCC3)CC1.Cl. The van der Waals surface area contributed by atoms with E-state index in [0.717, 1.165) is 43.5 Å². The Kier molecular flexibility index (Phi) is 4.63. The largest absolute Gasteiger partial charge is 0.341 e. The van der Waals surface area contributed by atoms with Crippen molar-refractivity contribution in [2.45, 2.75) is 45.6 Å². The van der Waals surface area contributed by atoms with Crippen molar-refractivity contribution >= 4 is 18.4 Å². The zero-order valence-corrected chi connectivity index (χ0v) is 12.4. The van der Waals surface area contributed by atoms with Crippen LogP contribution in [-0.2, 0) is 19.4 Å². The molecule has 1 aliphatic heterocycles. The van der Waals surface area contributed by atoms with Crippen LogP contribution in [0.4, 0.5) is 5.95 Å². The molecule has 106 valence electrons. The average Bonchev–Trinajstić information content (AvgIpc) is 2.86. The van der Waals surface area contributed by atoms with Crippen LogP contribution in [0.5, 0.6) is 0 Å². The Hall–Kier alpha value is -0.870. The van der Waals surface area contributed by atoms with Crippen molar-refractivity contribution in [2.24, 2.45) is 11.7 Å². The van der Waals surface area contributed by atoms with Crippen LogP contribution in [0.1, 0.15) is 43.1 Å². The molecule has 2 N–H and O–H groups in total. The molecule has 0 spiro atoms. The first kappa shape index (κ1) is 14.5. The number of nitrogens with two attached hydrogens (primary N) is 1. The number of aryl methyl sites for hydroxylation is 1. The fourth-order valence-electron chi connectivity index (χ4n) is 3.01. The number of rotatable bonds is 2. The summed E-state index contributed by atoms with van der Waals surface area (Å²) >= 11 is 0. The molecule has 0 radical (unpaired) electrons. The number of halogens is 1. The highest BCUT2D eigenvalue weighted by atomic mass is 35.5. The molecule has 2 aliphatic rings. The van der Waals surface area contributed by atoms with Gasteiger partial charge in [0.05, 0.1) is 5.69 Å². The molecular weight excluding hydrogens is 260 g/mol. The number of hydrogen-bond acceptors (Lipinski definition) is 4. The molecule has 19 heavy (non-hydrogen) atoms. The summed E-state index contributed by atoms with van der Waals surface area (Å²) in [6.45, 7) is 5.04. The van der Waals surface area contributed by atoms with E-state index in [1.54, 1.807) is 0 Å². The van der Waals surface area contributed by atoms with E-state index in [1.165, 1.54) is 30.5 Å². The van der Waals surface area contributed by atoms with Gasteiger partial charge in [-0.2, -0.15) is 0 Å². The van der Waals surface area contributed by atoms with Crippen molar-refractivity contribution in [3.8, 4) is 0 Å². The van der Waals surface area contributed by atoms with Crippen LogP contribution < -0.4 is 10.6 Å². The summed E-state index contributed by atoms with van der Waals surface area (Å²) < 4.78 is 0. The molecule has 3 rings (SSSR count). The molecule has 5 heteroatoms. The van der Waals surface area contributed by atoms with E-state index in [1.807, 2.05) is 0 Å². The third kappa shape index (κ3) is 2.84. The monoisotopic (exact) mass is 282 g/mol. The second-order valence-corrected chi connectivity index (χ2v) is 5.62. The van der Waals surface area contributed by atoms with Crippen molar-refractivity contribution in [1.82, 2.24) is 9.97 Å². The van der Waals surface area contributed by atoms with Crippen LogP contribution in [-0.4, -0.2) is 23.1 Å². The second-order valence-electron chi connectivity index (χ2n) is 5.62. The molecule has 0 bridgehead atoms. The van der Waals surface area contributed by atoms with Gasteiger partial charge in [0.25, 0.3) is 0 Å². The van der Waals surface area contributed by atoms with Crippen molar-refractivity contribution in [1.29, 1.82) is 0 Å². The van der Waals surface area contributed by atoms with Gasteiger partial charge in [0, 0.05) is 25.3 Å². The molecule has 1 fully saturated rings. The van der Waals surface area contributed by atoms with Crippen LogP contribution in [0.3, 0.4) is 0 Å². The molecule has 1 aromatic heterocycles. The first-order valence-electron chi connectivity index (χ1n) is 7.11. The lowest BCUT2D eigenvalue weighted by molar-refractivity contribution is 0.434. The second kappa shape index (κ2) is 6.06. The Morgan fingerprint density at radius 2 is 1.95 bits per heavy atom. The summed E-state index contributed by atoms with van der Waals surface area (Å²) in [6.07, 6.45) is 5.91. The molecule has 0 saturated carbocycles. The molecular formula is C14H23ClN4. The van der Waals surface area contributed by atoms with Crippen LogP contribution in [0, 0.1) is 5.92 Å². The van der Waals surface area contributed by atoms with E-state index in [0.29, 0.717) is 6.54 Å². The number of anilines is 1. The van der Waals surface area contributed by atoms with Gasteiger partial charge in [-0.05, 0) is 43.6 Å². The normalized spacial score (nSPS) is 19.2. The predicted octanol–water partition coefficient (Wildman–Crippen LogP) is 2.08. The first-order valence-corrected chi connectivity index (χ1v) is 7.11. The maximum Gasteiger partial charge on any atom is 0.225 e. The van der Waals surface area contributed by atoms with Gasteiger partial charge in [0.15, 0.2) is 0 Å². The van der Waals surface area contributed by atoms with Crippen molar-refractivity contribution in [2.75, 3.05) is 18.0 Å². The van der Waals surface area contributed by atoms with Gasteiger partial charge in [-0.3, -0.25) is 0 Å². The molecule has 0 unspecified atom stereocenters. The Balaban J connectivity index is 0.00000133. The topological polar surface area (TPSA) is 55.0 Å². The first-order chi connectivity index (χ1) is 8.78. The summed E-state index contributed by atoms with van der Waals surface area (Å²) in [5.41, 5.74) is 9.48. The maximum atomic E-state index is 5.83. The Labute approximate surface area is 121 Å². The fraction of sp³-hybridized carbons (Fsp3) is 0.714. The van der Waals surface area contributed by atoms with Gasteiger partial charge < -0.3 is 10.6 Å². The summed E-state index contributed by atoms with van der Waals surface area (Å²) in [4.78, 5) is 11.8. The van der Waals surface area contributed by atoms with E-state index in [2.05, 4.69) is 11.8 Å². The van der Waals surface area contributed by atoms with E-state index < -0.39 is 0 Å². The van der Waals surface area contributed by atoms with Crippen molar-refractivity contribution in [3.05, 3.63) is 17.0 Å². The molecule has 4 nitrogen and oxygen atoms in total. The molecule has 2 heterocycles. The molecule has 0 aromatic carbocycles. The number of hydrogen-bond donors (Lipinski definition) is 1. The lowest BCUT2D eigenvalue weighted by Crippen LogP contribution is -2.34. The number of aromatic nitrogens is 2. The van der Waals surface area contributed by atoms with E-state index in [9.17, 15) is 0 Å². The van der Waals surface area contributed by atoms with Gasteiger partial charge in [0.1, 0.15) is 0 Å². The van der Waals surface area contributed by atoms with E-state index in [-0.39, 0.29) is 12.4 Å². The smallest absolute Gasteiger partial charge is 0.225 e. The number of fused-ring (bicyclic) bond motifs is 1. The Morgan fingerprint density at radius 3 is 2.63 bits per heavy atom. The highest BCUT2D eigenvalue weighted by Crippen LogP contribution is 2.27. The van der Waals surface area contributed by atoms with Crippen molar-refractivity contribution in [3.63, 3.8) is 0 Å². The molecule has 0 amide bonds. The average molecular weight is 283 g/mol. The van der Waals surface area contributed by atoms with Crippen LogP contribution in [0.15, 0.2) is 0 Å². The quantitative estimate of drug-likeness (QED) is 0.902. The molecule has 1 saturated heterocycles. The minimum atomic E-state index is 0. The minimum Gasteiger partial charge on any atom is -0.341 e. The van der Waals surface area contributed by atoms with Crippen LogP contribution in [0.2, 0.25) is 0 Å². The molecule has 1 aliphatic carbocycles. The third-order valence-corrected chi connectivity index (χ3v) is 4.27. The number of piperidine rings is 1.